The van der Waals surface area contributed by atoms with Crippen LogP contribution in [0.1, 0.15) is 180 Å². The SMILES string of the molecule is COC1CC(OC2C(C)OC(OC3C(C)OC(C)CC3OC)CC2OC)OC(C)C1O.COC1CC(OC2CCC3(C)C(=CCC4(O)C3CC(OC(C)=O)C3(C)C(C)(C(=O)O)CCC43O)C2)OC(C)C1OC.CO[C@H]1C[C@H](C)O[C@@H](C)[C@H]1O[C@H]1C[C@H](OC)[C@H](O[C@H]2C[C@@H](OC)[C@@H](O)[C@H](C)O2)[C@@H](C)O1. The maximum Gasteiger partial charge on any atom is 0.310 e. The Hall–Kier alpha value is -2.28. The number of carbonyl (C=O) groups excluding carboxylic acids is 1. The highest BCUT2D eigenvalue weighted by atomic mass is 16.8. The first-order valence-electron chi connectivity index (χ1n) is 37.6. The van der Waals surface area contributed by atoms with Crippen LogP contribution in [0.15, 0.2) is 11.6 Å². The van der Waals surface area contributed by atoms with Crippen molar-refractivity contribution >= 4 is 11.9 Å². The Labute approximate surface area is 610 Å². The summed E-state index contributed by atoms with van der Waals surface area (Å²) in [6, 6.07) is 0. The zero-order valence-corrected chi connectivity index (χ0v) is 65.0. The largest absolute Gasteiger partial charge is 0.481 e. The number of aliphatic carboxylic acids is 1. The van der Waals surface area contributed by atoms with Gasteiger partial charge in [0.2, 0.25) is 0 Å². The molecule has 0 aromatic rings. The summed E-state index contributed by atoms with van der Waals surface area (Å²) in [7, 11) is 13.2. The van der Waals surface area contributed by atoms with E-state index < -0.39 is 95.1 Å². The Morgan fingerprint density at radius 1 is 0.447 bits per heavy atom. The molecule has 3 saturated carbocycles. The van der Waals surface area contributed by atoms with Gasteiger partial charge < -0.3 is 125 Å². The highest BCUT2D eigenvalue weighted by Crippen LogP contribution is 2.73. The number of methoxy groups -OCH3 is 8. The van der Waals surface area contributed by atoms with Crippen molar-refractivity contribution < 1.29 is 135 Å². The van der Waals surface area contributed by atoms with Crippen LogP contribution in [0.4, 0.5) is 0 Å². The normalized spacial score (nSPS) is 50.0. The van der Waals surface area contributed by atoms with Crippen molar-refractivity contribution in [2.45, 2.75) is 375 Å². The number of esters is 1. The average Bonchev–Trinajstić information content (AvgIpc) is 1.56. The Morgan fingerprint density at radius 2 is 0.806 bits per heavy atom. The van der Waals surface area contributed by atoms with E-state index in [2.05, 4.69) is 6.92 Å². The van der Waals surface area contributed by atoms with Gasteiger partial charge in [0, 0.05) is 115 Å². The molecule has 7 saturated heterocycles. The minimum Gasteiger partial charge on any atom is -0.481 e. The zero-order chi connectivity index (χ0) is 75.6. The molecular formula is C75H128O28. The fourth-order valence-corrected chi connectivity index (χ4v) is 19.4. The standard InChI is InChI=1S/C31H48O10.2C22H40O9/c1-17-25(38-7)21(37-6)15-24(39-17)41-20-9-10-27(3)19(14-20)8-11-30(35)22(27)16-23(40-18(2)32)29(5)28(4,26(33)34)12-13-31(29,30)36;2*1-11-8-16(25-6)21(13(3)27-11)31-19-10-17(26-7)22(14(4)29-19)30-18-9-15(24-5)20(23)12(2)28-18/h8,17,20-25,35-36H,9-16H2,1-7H3,(H,33,34);2*11-23H,8-10H2,1-7H3/t;11-,12-,13-,14+,15+,16-,17-,18-,19-,20-,21+,22+;/m.0./s1. The van der Waals surface area contributed by atoms with E-state index in [1.54, 1.807) is 70.7 Å². The third kappa shape index (κ3) is 17.4. The third-order valence-corrected chi connectivity index (χ3v) is 25.6. The summed E-state index contributed by atoms with van der Waals surface area (Å²) in [6.07, 6.45) is 0.0601. The van der Waals surface area contributed by atoms with Crippen molar-refractivity contribution in [3.63, 3.8) is 0 Å². The number of hydrogen-bond acceptors (Lipinski definition) is 27. The van der Waals surface area contributed by atoms with Crippen LogP contribution in [-0.4, -0.2) is 290 Å². The van der Waals surface area contributed by atoms with Crippen LogP contribution >= 0.6 is 0 Å². The quantitative estimate of drug-likeness (QED) is 0.0631. The van der Waals surface area contributed by atoms with Gasteiger partial charge in [-0.25, -0.2) is 0 Å². The van der Waals surface area contributed by atoms with Gasteiger partial charge in [-0.05, 0) is 120 Å². The smallest absolute Gasteiger partial charge is 0.310 e. The molecule has 7 heterocycles. The van der Waals surface area contributed by atoms with Crippen LogP contribution in [0, 0.1) is 22.2 Å². The number of ether oxygens (including phenoxy) is 21. The molecule has 0 amide bonds. The van der Waals surface area contributed by atoms with Crippen molar-refractivity contribution in [3.8, 4) is 0 Å². The van der Waals surface area contributed by atoms with Crippen LogP contribution in [0.5, 0.6) is 0 Å². The van der Waals surface area contributed by atoms with Gasteiger partial charge in [0.05, 0.1) is 115 Å². The van der Waals surface area contributed by atoms with Crippen molar-refractivity contribution in [1.29, 1.82) is 0 Å². The molecule has 0 aromatic carbocycles. The second kappa shape index (κ2) is 35.4. The topological polar surface area (TPSA) is 329 Å². The maximum atomic E-state index is 12.6. The molecule has 11 rings (SSSR count). The van der Waals surface area contributed by atoms with Gasteiger partial charge in [-0.2, -0.15) is 0 Å². The average molecular weight is 1480 g/mol. The van der Waals surface area contributed by atoms with Gasteiger partial charge in [0.25, 0.3) is 0 Å². The van der Waals surface area contributed by atoms with E-state index >= 15 is 0 Å². The highest BCUT2D eigenvalue weighted by molar-refractivity contribution is 5.77. The number of aliphatic hydroxyl groups excluding tert-OH is 2. The predicted molar refractivity (Wildman–Crippen MR) is 368 cm³/mol. The molecule has 24 unspecified atom stereocenters. The summed E-state index contributed by atoms with van der Waals surface area (Å²) in [5.74, 6) is -2.01. The minimum atomic E-state index is -1.76. The number of rotatable bonds is 20. The van der Waals surface area contributed by atoms with E-state index in [4.69, 9.17) is 99.5 Å². The summed E-state index contributed by atoms with van der Waals surface area (Å²) in [5, 5.41) is 55.7. The molecule has 0 radical (unpaired) electrons. The Kier molecular flexibility index (Phi) is 29.1. The summed E-state index contributed by atoms with van der Waals surface area (Å²) < 4.78 is 124. The van der Waals surface area contributed by atoms with Crippen LogP contribution in [0.3, 0.4) is 0 Å². The van der Waals surface area contributed by atoms with Crippen molar-refractivity contribution in [3.05, 3.63) is 11.6 Å². The first-order valence-corrected chi connectivity index (χ1v) is 37.6. The fourth-order valence-electron chi connectivity index (χ4n) is 19.4. The number of carboxylic acids is 1. The molecule has 5 N–H and O–H groups in total. The molecule has 0 aromatic heterocycles. The predicted octanol–water partition coefficient (Wildman–Crippen LogP) is 6.62. The van der Waals surface area contributed by atoms with Crippen molar-refractivity contribution in [2.75, 3.05) is 56.9 Å². The van der Waals surface area contributed by atoms with E-state index in [0.29, 0.717) is 44.9 Å². The van der Waals surface area contributed by atoms with E-state index in [-0.39, 0.29) is 160 Å². The fraction of sp³-hybridized carbons (Fsp3) is 0.947. The molecule has 103 heavy (non-hydrogen) atoms. The lowest BCUT2D eigenvalue weighted by atomic mass is 9.41. The van der Waals surface area contributed by atoms with E-state index in [1.165, 1.54) is 6.92 Å². The molecule has 11 aliphatic rings. The number of carbonyl (C=O) groups is 2. The van der Waals surface area contributed by atoms with Crippen molar-refractivity contribution in [2.24, 2.45) is 22.2 Å². The first-order chi connectivity index (χ1) is 48.6. The first kappa shape index (κ1) is 84.7. The second-order valence-electron chi connectivity index (χ2n) is 31.7. The summed E-state index contributed by atoms with van der Waals surface area (Å²) >= 11 is 0. The van der Waals surface area contributed by atoms with Crippen molar-refractivity contribution in [1.82, 2.24) is 0 Å². The minimum absolute atomic E-state index is 0.0536. The van der Waals surface area contributed by atoms with Gasteiger partial charge >= 0.3 is 11.9 Å². The summed E-state index contributed by atoms with van der Waals surface area (Å²) in [5.41, 5.74) is -5.41. The molecule has 7 aliphatic heterocycles. The number of fused-ring (bicyclic) bond motifs is 5. The lowest BCUT2D eigenvalue weighted by Gasteiger charge is -2.67. The monoisotopic (exact) mass is 1480 g/mol. The third-order valence-electron chi connectivity index (χ3n) is 25.6. The Balaban J connectivity index is 0.000000182. The lowest BCUT2D eigenvalue weighted by molar-refractivity contribution is -0.329. The van der Waals surface area contributed by atoms with Gasteiger partial charge in [0.1, 0.15) is 60.0 Å². The van der Waals surface area contributed by atoms with Gasteiger partial charge in [-0.3, -0.25) is 9.59 Å². The maximum absolute atomic E-state index is 12.6. The van der Waals surface area contributed by atoms with E-state index in [1.807, 2.05) is 68.4 Å². The Morgan fingerprint density at radius 3 is 1.19 bits per heavy atom. The van der Waals surface area contributed by atoms with Gasteiger partial charge in [0.15, 0.2) is 31.5 Å². The number of carboxylic acid groups (broad SMARTS) is 1. The molecule has 10 fully saturated rings. The molecule has 28 heteroatoms. The molecule has 0 bridgehead atoms. The van der Waals surface area contributed by atoms with Gasteiger partial charge in [-0.15, -0.1) is 0 Å². The Bertz CT molecular complexity index is 2640. The van der Waals surface area contributed by atoms with Crippen LogP contribution in [-0.2, 0) is 109 Å². The van der Waals surface area contributed by atoms with E-state index in [9.17, 15) is 35.1 Å². The van der Waals surface area contributed by atoms with Gasteiger partial charge in [-0.1, -0.05) is 25.5 Å². The molecule has 28 nitrogen and oxygen atoms in total. The van der Waals surface area contributed by atoms with E-state index in [0.717, 1.165) is 24.8 Å². The zero-order valence-electron chi connectivity index (χ0n) is 65.0. The highest BCUT2D eigenvalue weighted by Gasteiger charge is 2.81. The number of hydrogen-bond donors (Lipinski definition) is 5. The molecule has 36 atom stereocenters. The van der Waals surface area contributed by atoms with Crippen LogP contribution in [0.25, 0.3) is 0 Å². The molecule has 0 spiro atoms. The van der Waals surface area contributed by atoms with Crippen LogP contribution in [0.2, 0.25) is 0 Å². The summed E-state index contributed by atoms with van der Waals surface area (Å²) in [6.45, 7) is 24.3. The van der Waals surface area contributed by atoms with Crippen LogP contribution < -0.4 is 0 Å². The summed E-state index contributed by atoms with van der Waals surface area (Å²) in [4.78, 5) is 24.9. The molecular weight excluding hydrogens is 1350 g/mol. The second-order valence-corrected chi connectivity index (χ2v) is 31.7. The molecule has 596 valence electrons. The lowest BCUT2D eigenvalue weighted by Crippen LogP contribution is -2.77. The number of aliphatic hydroxyl groups is 4. The molecule has 4 aliphatic carbocycles.